The summed E-state index contributed by atoms with van der Waals surface area (Å²) in [6.45, 7) is 0.661. The maximum atomic E-state index is 12.7. The van der Waals surface area contributed by atoms with Gasteiger partial charge in [-0.05, 0) is 25.0 Å². The topological polar surface area (TPSA) is 79.4 Å². The normalized spacial score (nSPS) is 18.6. The Morgan fingerprint density at radius 3 is 2.76 bits per heavy atom. The molecule has 1 amide bonds. The van der Waals surface area contributed by atoms with Crippen LogP contribution in [0.15, 0.2) is 16.3 Å². The largest absolute Gasteiger partial charge is 0.302 e. The van der Waals surface area contributed by atoms with E-state index in [-0.39, 0.29) is 22.6 Å². The first-order valence-electron chi connectivity index (χ1n) is 7.98. The molecule has 134 valence electrons. The molecule has 1 N–H and O–H groups in total. The summed E-state index contributed by atoms with van der Waals surface area (Å²) in [5, 5.41) is 3.44. The molecule has 10 heteroatoms. The van der Waals surface area contributed by atoms with E-state index in [1.165, 1.54) is 21.7 Å². The molecule has 0 spiro atoms. The van der Waals surface area contributed by atoms with Crippen LogP contribution in [0.2, 0.25) is 4.34 Å². The minimum Gasteiger partial charge on any atom is -0.302 e. The van der Waals surface area contributed by atoms with E-state index in [4.69, 9.17) is 11.6 Å². The molecule has 0 unspecified atom stereocenters. The molecule has 3 heterocycles. The van der Waals surface area contributed by atoms with Gasteiger partial charge in [0.25, 0.3) is 10.0 Å². The van der Waals surface area contributed by atoms with E-state index < -0.39 is 10.0 Å². The van der Waals surface area contributed by atoms with Crippen molar-refractivity contribution in [1.82, 2.24) is 9.29 Å². The summed E-state index contributed by atoms with van der Waals surface area (Å²) in [4.78, 5) is 17.4. The fraction of sp³-hybridized carbons (Fsp3) is 0.467. The second-order valence-electron chi connectivity index (χ2n) is 6.15. The maximum Gasteiger partial charge on any atom is 0.252 e. The minimum absolute atomic E-state index is 0.0232. The Labute approximate surface area is 158 Å². The first-order chi connectivity index (χ1) is 11.9. The number of nitrogens with one attached hydrogen (secondary N) is 1. The van der Waals surface area contributed by atoms with Crippen LogP contribution in [0.3, 0.4) is 0 Å². The van der Waals surface area contributed by atoms with Crippen molar-refractivity contribution in [3.8, 4) is 0 Å². The summed E-state index contributed by atoms with van der Waals surface area (Å²) >= 11 is 8.29. The maximum absolute atomic E-state index is 12.7. The van der Waals surface area contributed by atoms with Crippen molar-refractivity contribution < 1.29 is 13.2 Å². The lowest BCUT2D eigenvalue weighted by Crippen LogP contribution is -2.35. The van der Waals surface area contributed by atoms with Crippen LogP contribution in [-0.2, 0) is 27.8 Å². The summed E-state index contributed by atoms with van der Waals surface area (Å²) in [6.07, 6.45) is 3.52. The number of halogens is 1. The van der Waals surface area contributed by atoms with Crippen molar-refractivity contribution in [2.75, 3.05) is 11.9 Å². The molecule has 2 aromatic rings. The lowest BCUT2D eigenvalue weighted by atomic mass is 9.85. The van der Waals surface area contributed by atoms with Crippen LogP contribution in [0, 0.1) is 5.92 Å². The lowest BCUT2D eigenvalue weighted by Gasteiger charge is -2.24. The molecule has 0 radical (unpaired) electrons. The van der Waals surface area contributed by atoms with E-state index in [1.54, 1.807) is 6.07 Å². The standard InChI is InChI=1S/C15H16ClN3O3S3/c16-12-4-5-13(24-12)25(21,22)19-7-6-10-11(8-19)23-15(17-10)18-14(20)9-2-1-3-9/h4-5,9H,1-3,6-8H2,(H,17,18,20). The van der Waals surface area contributed by atoms with Gasteiger partial charge in [0, 0.05) is 23.8 Å². The van der Waals surface area contributed by atoms with Gasteiger partial charge in [-0.25, -0.2) is 13.4 Å². The molecule has 1 fully saturated rings. The number of sulfonamides is 1. The van der Waals surface area contributed by atoms with Gasteiger partial charge in [-0.15, -0.1) is 22.7 Å². The van der Waals surface area contributed by atoms with Gasteiger partial charge in [0.1, 0.15) is 4.21 Å². The van der Waals surface area contributed by atoms with Gasteiger partial charge in [-0.1, -0.05) is 18.0 Å². The first kappa shape index (κ1) is 17.4. The zero-order valence-electron chi connectivity index (χ0n) is 13.2. The average Bonchev–Trinajstić information content (AvgIpc) is 3.10. The highest BCUT2D eigenvalue weighted by Gasteiger charge is 2.32. The first-order valence-corrected chi connectivity index (χ1v) is 11.4. The molecule has 1 saturated carbocycles. The Hall–Kier alpha value is -1.000. The Balaban J connectivity index is 1.50. The predicted molar refractivity (Wildman–Crippen MR) is 98.7 cm³/mol. The van der Waals surface area contributed by atoms with Crippen LogP contribution in [0.25, 0.3) is 0 Å². The highest BCUT2D eigenvalue weighted by atomic mass is 35.5. The van der Waals surface area contributed by atoms with Gasteiger partial charge >= 0.3 is 0 Å². The van der Waals surface area contributed by atoms with E-state index in [1.807, 2.05) is 0 Å². The molecule has 0 atom stereocenters. The molecule has 2 aromatic heterocycles. The van der Waals surface area contributed by atoms with E-state index in [2.05, 4.69) is 10.3 Å². The van der Waals surface area contributed by atoms with Gasteiger partial charge in [-0.2, -0.15) is 4.31 Å². The average molecular weight is 418 g/mol. The van der Waals surface area contributed by atoms with Gasteiger partial charge in [0.05, 0.1) is 16.6 Å². The zero-order valence-corrected chi connectivity index (χ0v) is 16.4. The Morgan fingerprint density at radius 1 is 1.32 bits per heavy atom. The molecule has 2 aliphatic rings. The number of thiophene rings is 1. The second kappa shape index (κ2) is 6.62. The Kier molecular flexibility index (Phi) is 4.61. The lowest BCUT2D eigenvalue weighted by molar-refractivity contribution is -0.122. The predicted octanol–water partition coefficient (Wildman–Crippen LogP) is 3.34. The molecule has 1 aliphatic heterocycles. The van der Waals surface area contributed by atoms with Crippen LogP contribution in [0.4, 0.5) is 5.13 Å². The molecule has 4 rings (SSSR count). The van der Waals surface area contributed by atoms with E-state index >= 15 is 0 Å². The Bertz CT molecular complexity index is 918. The molecule has 25 heavy (non-hydrogen) atoms. The number of hydrogen-bond donors (Lipinski definition) is 1. The molecule has 0 bridgehead atoms. The molecule has 6 nitrogen and oxygen atoms in total. The molecular formula is C15H16ClN3O3S3. The van der Waals surface area contributed by atoms with Gasteiger partial charge in [-0.3, -0.25) is 4.79 Å². The summed E-state index contributed by atoms with van der Waals surface area (Å²) in [5.41, 5.74) is 0.879. The highest BCUT2D eigenvalue weighted by molar-refractivity contribution is 7.91. The van der Waals surface area contributed by atoms with Crippen molar-refractivity contribution in [2.45, 2.75) is 36.4 Å². The molecule has 1 aliphatic carbocycles. The van der Waals surface area contributed by atoms with Crippen LogP contribution >= 0.6 is 34.3 Å². The molecular weight excluding hydrogens is 402 g/mol. The third-order valence-electron chi connectivity index (χ3n) is 4.55. The number of rotatable bonds is 4. The van der Waals surface area contributed by atoms with Gasteiger partial charge < -0.3 is 5.32 Å². The summed E-state index contributed by atoms with van der Waals surface area (Å²) in [7, 11) is -3.55. The van der Waals surface area contributed by atoms with Crippen LogP contribution in [0.1, 0.15) is 29.8 Å². The van der Waals surface area contributed by atoms with Crippen molar-refractivity contribution in [3.63, 3.8) is 0 Å². The number of thiazole rings is 1. The van der Waals surface area contributed by atoms with Crippen molar-refractivity contribution in [1.29, 1.82) is 0 Å². The number of anilines is 1. The summed E-state index contributed by atoms with van der Waals surface area (Å²) < 4.78 is 27.6. The van der Waals surface area contributed by atoms with Crippen LogP contribution in [-0.4, -0.2) is 30.2 Å². The summed E-state index contributed by atoms with van der Waals surface area (Å²) in [6, 6.07) is 3.13. The van der Waals surface area contributed by atoms with Crippen molar-refractivity contribution >= 4 is 55.3 Å². The number of carbonyl (C=O) groups is 1. The number of fused-ring (bicyclic) bond motifs is 1. The SMILES string of the molecule is O=C(Nc1nc2c(s1)CN(S(=O)(=O)c1ccc(Cl)s1)CC2)C1CCC1. The zero-order chi connectivity index (χ0) is 17.6. The third kappa shape index (κ3) is 3.35. The number of hydrogen-bond acceptors (Lipinski definition) is 6. The fourth-order valence-electron chi connectivity index (χ4n) is 2.87. The Morgan fingerprint density at radius 2 is 2.12 bits per heavy atom. The number of nitrogens with zero attached hydrogens (tertiary/aromatic N) is 2. The minimum atomic E-state index is -3.55. The van der Waals surface area contributed by atoms with Crippen molar-refractivity contribution in [2.24, 2.45) is 5.92 Å². The number of carbonyl (C=O) groups excluding carboxylic acids is 1. The van der Waals surface area contributed by atoms with Crippen LogP contribution < -0.4 is 5.32 Å². The number of aromatic nitrogens is 1. The smallest absolute Gasteiger partial charge is 0.252 e. The van der Waals surface area contributed by atoms with E-state index in [9.17, 15) is 13.2 Å². The van der Waals surface area contributed by atoms with Gasteiger partial charge in [0.2, 0.25) is 5.91 Å². The molecule has 0 aromatic carbocycles. The van der Waals surface area contributed by atoms with Gasteiger partial charge in [0.15, 0.2) is 5.13 Å². The number of amides is 1. The second-order valence-corrected chi connectivity index (χ2v) is 11.1. The highest BCUT2D eigenvalue weighted by Crippen LogP contribution is 2.34. The fourth-order valence-corrected chi connectivity index (χ4v) is 7.03. The van der Waals surface area contributed by atoms with E-state index in [0.717, 1.165) is 41.2 Å². The third-order valence-corrected chi connectivity index (χ3v) is 9.09. The van der Waals surface area contributed by atoms with E-state index in [0.29, 0.717) is 22.4 Å². The quantitative estimate of drug-likeness (QED) is 0.827. The summed E-state index contributed by atoms with van der Waals surface area (Å²) in [5.74, 6) is 0.122. The monoisotopic (exact) mass is 417 g/mol. The van der Waals surface area contributed by atoms with Crippen LogP contribution in [0.5, 0.6) is 0 Å². The molecule has 0 saturated heterocycles. The van der Waals surface area contributed by atoms with Crippen molar-refractivity contribution in [3.05, 3.63) is 27.0 Å².